The Hall–Kier alpha value is 0.300. The Morgan fingerprint density at radius 3 is 2.47 bits per heavy atom. The van der Waals surface area contributed by atoms with E-state index < -0.39 is 15.9 Å². The number of carbonyl (C=O) groups excluding carboxylic acids is 1. The topological polar surface area (TPSA) is 49.3 Å². The van der Waals surface area contributed by atoms with Gasteiger partial charge in [-0.05, 0) is 13.3 Å². The van der Waals surface area contributed by atoms with E-state index in [1.807, 2.05) is 6.92 Å². The zero-order valence-corrected chi connectivity index (χ0v) is 11.0. The number of carbonyl (C=O) groups is 1. The van der Waals surface area contributed by atoms with Crippen LogP contribution in [0.25, 0.3) is 0 Å². The molecule has 0 aromatic carbocycles. The van der Waals surface area contributed by atoms with Crippen LogP contribution in [0.3, 0.4) is 0 Å². The van der Waals surface area contributed by atoms with Crippen molar-refractivity contribution < 1.29 is 9.90 Å². The van der Waals surface area contributed by atoms with Crippen LogP contribution in [0, 0.1) is 0 Å². The molecule has 0 heterocycles. The summed E-state index contributed by atoms with van der Waals surface area (Å²) < 4.78 is -1.58. The molecule has 0 aromatic heterocycles. The predicted molar refractivity (Wildman–Crippen MR) is 63.4 cm³/mol. The van der Waals surface area contributed by atoms with Gasteiger partial charge in [0.05, 0.1) is 5.38 Å². The quantitative estimate of drug-likeness (QED) is 0.578. The lowest BCUT2D eigenvalue weighted by molar-refractivity contribution is -0.124. The summed E-state index contributed by atoms with van der Waals surface area (Å²) in [6.07, 6.45) is 0.640. The molecule has 0 rings (SSSR count). The van der Waals surface area contributed by atoms with Crippen molar-refractivity contribution in [1.82, 2.24) is 5.32 Å². The fourth-order valence-electron chi connectivity index (χ4n) is 0.876. The lowest BCUT2D eigenvalue weighted by Gasteiger charge is -2.28. The first-order valence-electron chi connectivity index (χ1n) is 4.81. The number of alkyl halides is 3. The SMILES string of the molecule is CCCCC(=O)NC(O)C(Cl)(Cl)C(C)Cl. The van der Waals surface area contributed by atoms with Crippen LogP contribution in [-0.2, 0) is 4.79 Å². The summed E-state index contributed by atoms with van der Waals surface area (Å²) >= 11 is 17.2. The van der Waals surface area contributed by atoms with Gasteiger partial charge in [-0.2, -0.15) is 0 Å². The molecule has 3 nitrogen and oxygen atoms in total. The van der Waals surface area contributed by atoms with Crippen LogP contribution < -0.4 is 5.32 Å². The Balaban J connectivity index is 4.12. The minimum atomic E-state index is -1.58. The molecule has 0 radical (unpaired) electrons. The molecular weight excluding hydrogens is 260 g/mol. The summed E-state index contributed by atoms with van der Waals surface area (Å²) in [5.74, 6) is -0.285. The lowest BCUT2D eigenvalue weighted by atomic mass is 10.2. The number of amides is 1. The molecule has 0 spiro atoms. The van der Waals surface area contributed by atoms with Crippen LogP contribution in [0.1, 0.15) is 33.1 Å². The van der Waals surface area contributed by atoms with Gasteiger partial charge >= 0.3 is 0 Å². The minimum Gasteiger partial charge on any atom is -0.370 e. The van der Waals surface area contributed by atoms with E-state index in [1.165, 1.54) is 0 Å². The fraction of sp³-hybridized carbons (Fsp3) is 0.889. The zero-order chi connectivity index (χ0) is 12.1. The first-order valence-corrected chi connectivity index (χ1v) is 6.00. The Bertz CT molecular complexity index is 210. The maximum Gasteiger partial charge on any atom is 0.222 e. The molecule has 15 heavy (non-hydrogen) atoms. The number of nitrogens with one attached hydrogen (secondary N) is 1. The van der Waals surface area contributed by atoms with Crippen molar-refractivity contribution in [3.05, 3.63) is 0 Å². The lowest BCUT2D eigenvalue weighted by Crippen LogP contribution is -2.50. The molecule has 0 bridgehead atoms. The van der Waals surface area contributed by atoms with Crippen LogP contribution in [0.4, 0.5) is 0 Å². The fourth-order valence-corrected chi connectivity index (χ4v) is 1.10. The second-order valence-corrected chi connectivity index (χ2v) is 5.46. The van der Waals surface area contributed by atoms with Crippen molar-refractivity contribution in [1.29, 1.82) is 0 Å². The van der Waals surface area contributed by atoms with Gasteiger partial charge in [0.25, 0.3) is 0 Å². The molecule has 2 unspecified atom stereocenters. The van der Waals surface area contributed by atoms with E-state index >= 15 is 0 Å². The van der Waals surface area contributed by atoms with E-state index in [4.69, 9.17) is 34.8 Å². The van der Waals surface area contributed by atoms with Crippen molar-refractivity contribution in [2.75, 3.05) is 0 Å². The molecule has 0 aliphatic carbocycles. The average Bonchev–Trinajstić information content (AvgIpc) is 2.14. The molecule has 1 amide bonds. The van der Waals surface area contributed by atoms with Crippen LogP contribution in [0.2, 0.25) is 0 Å². The minimum absolute atomic E-state index is 0.285. The molecule has 0 saturated heterocycles. The first-order chi connectivity index (χ1) is 6.82. The highest BCUT2D eigenvalue weighted by atomic mass is 35.5. The summed E-state index contributed by atoms with van der Waals surface area (Å²) in [6.45, 7) is 3.51. The third-order valence-corrected chi connectivity index (χ3v) is 3.59. The van der Waals surface area contributed by atoms with Gasteiger partial charge in [-0.15, -0.1) is 11.6 Å². The number of aliphatic hydroxyl groups is 1. The molecule has 0 aliphatic rings. The van der Waals surface area contributed by atoms with Crippen molar-refractivity contribution >= 4 is 40.7 Å². The molecule has 6 heteroatoms. The van der Waals surface area contributed by atoms with Crippen molar-refractivity contribution in [3.8, 4) is 0 Å². The second-order valence-electron chi connectivity index (χ2n) is 3.36. The average molecular weight is 277 g/mol. The molecular formula is C9H16Cl3NO2. The normalized spacial score (nSPS) is 15.9. The molecule has 0 aromatic rings. The second kappa shape index (κ2) is 6.79. The van der Waals surface area contributed by atoms with Gasteiger partial charge in [0.2, 0.25) is 5.91 Å². The third kappa shape index (κ3) is 5.25. The number of hydrogen-bond donors (Lipinski definition) is 2. The van der Waals surface area contributed by atoms with Crippen LogP contribution in [0.5, 0.6) is 0 Å². The summed E-state index contributed by atoms with van der Waals surface area (Å²) in [4.78, 5) is 11.3. The van der Waals surface area contributed by atoms with Crippen molar-refractivity contribution in [2.45, 2.75) is 49.0 Å². The maximum atomic E-state index is 11.3. The van der Waals surface area contributed by atoms with Crippen molar-refractivity contribution in [2.24, 2.45) is 0 Å². The van der Waals surface area contributed by atoms with Gasteiger partial charge in [-0.1, -0.05) is 36.5 Å². The Kier molecular flexibility index (Phi) is 6.93. The standard InChI is InChI=1S/C9H16Cl3NO2/c1-3-4-5-7(14)13-8(15)9(11,12)6(2)10/h6,8,15H,3-5H2,1-2H3,(H,13,14). The van der Waals surface area contributed by atoms with Gasteiger partial charge in [-0.25, -0.2) is 0 Å². The van der Waals surface area contributed by atoms with Crippen LogP contribution >= 0.6 is 34.8 Å². The van der Waals surface area contributed by atoms with E-state index in [1.54, 1.807) is 6.92 Å². The number of unbranched alkanes of at least 4 members (excludes halogenated alkanes) is 1. The summed E-state index contributed by atoms with van der Waals surface area (Å²) in [7, 11) is 0. The van der Waals surface area contributed by atoms with E-state index in [2.05, 4.69) is 5.32 Å². The smallest absolute Gasteiger partial charge is 0.222 e. The monoisotopic (exact) mass is 275 g/mol. The van der Waals surface area contributed by atoms with Gasteiger partial charge in [-0.3, -0.25) is 4.79 Å². The zero-order valence-electron chi connectivity index (χ0n) is 8.77. The summed E-state index contributed by atoms with van der Waals surface area (Å²) in [5, 5.41) is 11.2. The molecule has 2 N–H and O–H groups in total. The van der Waals surface area contributed by atoms with Gasteiger partial charge < -0.3 is 10.4 Å². The Labute approximate surface area is 105 Å². The van der Waals surface area contributed by atoms with Crippen LogP contribution in [0.15, 0.2) is 0 Å². The van der Waals surface area contributed by atoms with E-state index in [0.29, 0.717) is 6.42 Å². The molecule has 90 valence electrons. The number of rotatable bonds is 6. The number of halogens is 3. The third-order valence-electron chi connectivity index (χ3n) is 1.95. The Morgan fingerprint density at radius 2 is 2.07 bits per heavy atom. The highest BCUT2D eigenvalue weighted by Crippen LogP contribution is 2.31. The highest BCUT2D eigenvalue weighted by Gasteiger charge is 2.39. The van der Waals surface area contributed by atoms with E-state index in [9.17, 15) is 9.90 Å². The van der Waals surface area contributed by atoms with Crippen molar-refractivity contribution in [3.63, 3.8) is 0 Å². The van der Waals surface area contributed by atoms with Gasteiger partial charge in [0.15, 0.2) is 10.6 Å². The van der Waals surface area contributed by atoms with E-state index in [0.717, 1.165) is 12.8 Å². The van der Waals surface area contributed by atoms with Gasteiger partial charge in [0, 0.05) is 6.42 Å². The first kappa shape index (κ1) is 15.3. The number of aliphatic hydroxyl groups excluding tert-OH is 1. The molecule has 0 saturated carbocycles. The molecule has 0 fully saturated rings. The molecule has 0 aliphatic heterocycles. The molecule has 2 atom stereocenters. The maximum absolute atomic E-state index is 11.3. The predicted octanol–water partition coefficient (Wildman–Crippen LogP) is 2.41. The van der Waals surface area contributed by atoms with Crippen LogP contribution in [-0.4, -0.2) is 27.0 Å². The highest BCUT2D eigenvalue weighted by molar-refractivity contribution is 6.52. The summed E-state index contributed by atoms with van der Waals surface area (Å²) in [5.41, 5.74) is 0. The summed E-state index contributed by atoms with van der Waals surface area (Å²) in [6, 6.07) is 0. The van der Waals surface area contributed by atoms with E-state index in [-0.39, 0.29) is 5.91 Å². The van der Waals surface area contributed by atoms with Gasteiger partial charge in [0.1, 0.15) is 0 Å². The Morgan fingerprint density at radius 1 is 1.53 bits per heavy atom. The number of hydrogen-bond acceptors (Lipinski definition) is 2. The largest absolute Gasteiger partial charge is 0.370 e.